The van der Waals surface area contributed by atoms with Gasteiger partial charge in [0.2, 0.25) is 5.91 Å². The Hall–Kier alpha value is -2.49. The molecular formula is C23H35N3O6. The minimum atomic E-state index is -1.07. The highest BCUT2D eigenvalue weighted by atomic mass is 16.5. The zero-order valence-electron chi connectivity index (χ0n) is 18.9. The van der Waals surface area contributed by atoms with Crippen molar-refractivity contribution in [3.8, 4) is 0 Å². The molecule has 0 radical (unpaired) electrons. The average molecular weight is 450 g/mol. The van der Waals surface area contributed by atoms with Gasteiger partial charge in [-0.05, 0) is 38.8 Å². The van der Waals surface area contributed by atoms with Crippen molar-refractivity contribution >= 4 is 17.8 Å². The standard InChI is InChI=1S/C23H35N3O6/c1-3-31-23(30)19(11-7-8-12-24)25-16(2)21(27)26-14-18(13-20(26)22(28)29)32-15-17-9-5-4-6-10-17/h4-6,9-10,16,18-20,25H,3,7-8,11-15,24H2,1-2H3,(H,28,29)/t16?,18-,19-,20-/m0/s1. The van der Waals surface area contributed by atoms with Crippen LogP contribution in [0.5, 0.6) is 0 Å². The Morgan fingerprint density at radius 3 is 2.59 bits per heavy atom. The van der Waals surface area contributed by atoms with Gasteiger partial charge in [0.15, 0.2) is 0 Å². The van der Waals surface area contributed by atoms with Crippen LogP contribution in [0.3, 0.4) is 0 Å². The number of nitrogens with one attached hydrogen (secondary N) is 1. The molecule has 1 fully saturated rings. The van der Waals surface area contributed by atoms with Crippen molar-refractivity contribution in [2.45, 2.75) is 70.4 Å². The van der Waals surface area contributed by atoms with Gasteiger partial charge in [-0.1, -0.05) is 36.8 Å². The molecule has 1 amide bonds. The maximum atomic E-state index is 13.1. The van der Waals surface area contributed by atoms with E-state index in [0.29, 0.717) is 26.0 Å². The van der Waals surface area contributed by atoms with Crippen LogP contribution in [0, 0.1) is 0 Å². The lowest BCUT2D eigenvalue weighted by Gasteiger charge is -2.27. The van der Waals surface area contributed by atoms with Crippen molar-refractivity contribution in [2.24, 2.45) is 5.73 Å². The monoisotopic (exact) mass is 449 g/mol. The van der Waals surface area contributed by atoms with Gasteiger partial charge in [-0.25, -0.2) is 4.79 Å². The predicted molar refractivity (Wildman–Crippen MR) is 119 cm³/mol. The highest BCUT2D eigenvalue weighted by Gasteiger charge is 2.42. The highest BCUT2D eigenvalue weighted by molar-refractivity contribution is 5.88. The van der Waals surface area contributed by atoms with Crippen molar-refractivity contribution in [3.63, 3.8) is 0 Å². The summed E-state index contributed by atoms with van der Waals surface area (Å²) in [7, 11) is 0. The molecule has 1 aliphatic rings. The first-order valence-corrected chi connectivity index (χ1v) is 11.2. The van der Waals surface area contributed by atoms with Crippen LogP contribution in [0.2, 0.25) is 0 Å². The molecule has 1 aromatic carbocycles. The molecule has 4 atom stereocenters. The van der Waals surface area contributed by atoms with Crippen LogP contribution < -0.4 is 11.1 Å². The van der Waals surface area contributed by atoms with E-state index < -0.39 is 30.1 Å². The van der Waals surface area contributed by atoms with Gasteiger partial charge in [0, 0.05) is 13.0 Å². The first-order valence-electron chi connectivity index (χ1n) is 11.2. The molecule has 0 saturated carbocycles. The lowest BCUT2D eigenvalue weighted by atomic mass is 10.1. The molecular weight excluding hydrogens is 414 g/mol. The number of carboxylic acids is 1. The number of esters is 1. The van der Waals surface area contributed by atoms with Crippen molar-refractivity contribution < 1.29 is 29.0 Å². The van der Waals surface area contributed by atoms with Gasteiger partial charge in [0.05, 0.1) is 25.4 Å². The van der Waals surface area contributed by atoms with Gasteiger partial charge >= 0.3 is 11.9 Å². The summed E-state index contributed by atoms with van der Waals surface area (Å²) in [4.78, 5) is 38.5. The zero-order valence-corrected chi connectivity index (χ0v) is 18.9. The predicted octanol–water partition coefficient (Wildman–Crippen LogP) is 1.30. The second-order valence-electron chi connectivity index (χ2n) is 7.98. The van der Waals surface area contributed by atoms with Crippen LogP contribution in [0.15, 0.2) is 30.3 Å². The number of carbonyl (C=O) groups excluding carboxylic acids is 2. The molecule has 2 rings (SSSR count). The minimum absolute atomic E-state index is 0.186. The van der Waals surface area contributed by atoms with Crippen molar-refractivity contribution in [1.82, 2.24) is 10.2 Å². The van der Waals surface area contributed by atoms with Crippen LogP contribution in [0.25, 0.3) is 0 Å². The quantitative estimate of drug-likeness (QED) is 0.303. The zero-order chi connectivity index (χ0) is 23.5. The summed E-state index contributed by atoms with van der Waals surface area (Å²) in [5.74, 6) is -1.87. The second kappa shape index (κ2) is 13.1. The first-order chi connectivity index (χ1) is 15.4. The lowest BCUT2D eigenvalue weighted by molar-refractivity contribution is -0.150. The summed E-state index contributed by atoms with van der Waals surface area (Å²) in [5, 5.41) is 12.7. The fraction of sp³-hybridized carbons (Fsp3) is 0.609. The Labute approximate surface area is 189 Å². The summed E-state index contributed by atoms with van der Waals surface area (Å²) >= 11 is 0. The van der Waals surface area contributed by atoms with E-state index in [1.54, 1.807) is 13.8 Å². The van der Waals surface area contributed by atoms with E-state index >= 15 is 0 Å². The van der Waals surface area contributed by atoms with Gasteiger partial charge in [-0.3, -0.25) is 14.9 Å². The van der Waals surface area contributed by atoms with E-state index in [0.717, 1.165) is 12.0 Å². The molecule has 1 unspecified atom stereocenters. The average Bonchev–Trinajstić information content (AvgIpc) is 3.22. The third-order valence-corrected chi connectivity index (χ3v) is 5.50. The van der Waals surface area contributed by atoms with Crippen molar-refractivity contribution in [2.75, 3.05) is 19.7 Å². The number of amides is 1. The molecule has 4 N–H and O–H groups in total. The number of carbonyl (C=O) groups is 3. The van der Waals surface area contributed by atoms with Gasteiger partial charge in [0.1, 0.15) is 12.1 Å². The number of aliphatic carboxylic acids is 1. The van der Waals surface area contributed by atoms with Gasteiger partial charge < -0.3 is 25.2 Å². The molecule has 1 aliphatic heterocycles. The Morgan fingerprint density at radius 2 is 1.97 bits per heavy atom. The minimum Gasteiger partial charge on any atom is -0.480 e. The number of nitrogens with zero attached hydrogens (tertiary/aromatic N) is 1. The number of likely N-dealkylation sites (tertiary alicyclic amines) is 1. The van der Waals surface area contributed by atoms with Crippen molar-refractivity contribution in [1.29, 1.82) is 0 Å². The van der Waals surface area contributed by atoms with Crippen LogP contribution in [0.4, 0.5) is 0 Å². The topological polar surface area (TPSA) is 131 Å². The third kappa shape index (κ3) is 7.58. The van der Waals surface area contributed by atoms with E-state index in [2.05, 4.69) is 5.32 Å². The molecule has 178 valence electrons. The van der Waals surface area contributed by atoms with E-state index in [1.807, 2.05) is 30.3 Å². The van der Waals surface area contributed by atoms with Gasteiger partial charge in [-0.15, -0.1) is 0 Å². The van der Waals surface area contributed by atoms with Crippen molar-refractivity contribution in [3.05, 3.63) is 35.9 Å². The summed E-state index contributed by atoms with van der Waals surface area (Å²) in [6.07, 6.45) is 1.80. The van der Waals surface area contributed by atoms with Crippen LogP contribution in [-0.2, 0) is 30.5 Å². The molecule has 0 bridgehead atoms. The summed E-state index contributed by atoms with van der Waals surface area (Å²) < 4.78 is 11.0. The Morgan fingerprint density at radius 1 is 1.25 bits per heavy atom. The first kappa shape index (κ1) is 25.8. The third-order valence-electron chi connectivity index (χ3n) is 5.50. The highest BCUT2D eigenvalue weighted by Crippen LogP contribution is 2.23. The largest absolute Gasteiger partial charge is 0.480 e. The van der Waals surface area contributed by atoms with Gasteiger partial charge in [-0.2, -0.15) is 0 Å². The molecule has 0 aliphatic carbocycles. The van der Waals surface area contributed by atoms with E-state index in [-0.39, 0.29) is 31.6 Å². The second-order valence-corrected chi connectivity index (χ2v) is 7.98. The molecule has 1 heterocycles. The van der Waals surface area contributed by atoms with Gasteiger partial charge in [0.25, 0.3) is 0 Å². The summed E-state index contributed by atoms with van der Waals surface area (Å²) in [5.41, 5.74) is 6.52. The van der Waals surface area contributed by atoms with Crippen LogP contribution in [0.1, 0.15) is 45.1 Å². The molecule has 0 spiro atoms. The maximum Gasteiger partial charge on any atom is 0.326 e. The SMILES string of the molecule is CCOC(=O)[C@H](CCCCN)NC(C)C(=O)N1C[C@@H](OCc2ccccc2)C[C@H]1C(=O)O. The Bertz CT molecular complexity index is 745. The number of benzene rings is 1. The number of rotatable bonds is 13. The fourth-order valence-corrected chi connectivity index (χ4v) is 3.81. The van der Waals surface area contributed by atoms with E-state index in [1.165, 1.54) is 4.90 Å². The number of ether oxygens (including phenoxy) is 2. The normalized spacial score (nSPS) is 20.0. The van der Waals surface area contributed by atoms with E-state index in [4.69, 9.17) is 15.2 Å². The van der Waals surface area contributed by atoms with Crippen LogP contribution in [-0.4, -0.2) is 71.8 Å². The molecule has 9 nitrogen and oxygen atoms in total. The number of carboxylic acid groups (broad SMARTS) is 1. The molecule has 0 aromatic heterocycles. The number of hydrogen-bond donors (Lipinski definition) is 3. The smallest absolute Gasteiger partial charge is 0.326 e. The Balaban J connectivity index is 2.00. The summed E-state index contributed by atoms with van der Waals surface area (Å²) in [6.45, 7) is 4.65. The lowest BCUT2D eigenvalue weighted by Crippen LogP contribution is -2.53. The van der Waals surface area contributed by atoms with E-state index in [9.17, 15) is 19.5 Å². The summed E-state index contributed by atoms with van der Waals surface area (Å²) in [6, 6.07) is 7.21. The Kier molecular flexibility index (Phi) is 10.6. The molecule has 1 saturated heterocycles. The molecule has 9 heteroatoms. The fourth-order valence-electron chi connectivity index (χ4n) is 3.81. The van der Waals surface area contributed by atoms with Crippen LogP contribution >= 0.6 is 0 Å². The number of hydrogen-bond acceptors (Lipinski definition) is 7. The number of nitrogens with two attached hydrogens (primary N) is 1. The number of unbranched alkanes of at least 4 members (excludes halogenated alkanes) is 1. The molecule has 1 aromatic rings. The maximum absolute atomic E-state index is 13.1. The molecule has 32 heavy (non-hydrogen) atoms.